The summed E-state index contributed by atoms with van der Waals surface area (Å²) in [7, 11) is 1.62. The molecular formula is C20H22N2O4. The number of carbonyl (C=O) groups excluding carboxylic acids is 2. The molecule has 0 unspecified atom stereocenters. The van der Waals surface area contributed by atoms with Crippen LogP contribution < -0.4 is 10.1 Å². The van der Waals surface area contributed by atoms with Crippen LogP contribution in [0.4, 0.5) is 0 Å². The summed E-state index contributed by atoms with van der Waals surface area (Å²) in [6, 6.07) is 11.3. The Balaban J connectivity index is 1.62. The minimum absolute atomic E-state index is 0.0122. The Morgan fingerprint density at radius 2 is 1.96 bits per heavy atom. The van der Waals surface area contributed by atoms with Crippen LogP contribution in [0.5, 0.6) is 5.75 Å². The zero-order valence-corrected chi connectivity index (χ0v) is 14.7. The van der Waals surface area contributed by atoms with E-state index in [9.17, 15) is 9.59 Å². The van der Waals surface area contributed by atoms with E-state index in [0.29, 0.717) is 18.8 Å². The van der Waals surface area contributed by atoms with Gasteiger partial charge in [-0.05, 0) is 36.6 Å². The quantitative estimate of drug-likeness (QED) is 0.895. The SMILES string of the molecule is COc1ccccc1[C@@H]1CN(C(=O)c2ccco2)C[C@@H]1C(=O)NC1CC1. The lowest BCUT2D eigenvalue weighted by Crippen LogP contribution is -2.36. The lowest BCUT2D eigenvalue weighted by Gasteiger charge is -2.20. The van der Waals surface area contributed by atoms with E-state index < -0.39 is 0 Å². The van der Waals surface area contributed by atoms with E-state index in [4.69, 9.17) is 9.15 Å². The fraction of sp³-hybridized carbons (Fsp3) is 0.400. The summed E-state index contributed by atoms with van der Waals surface area (Å²) in [4.78, 5) is 27.2. The van der Waals surface area contributed by atoms with Crippen molar-refractivity contribution in [2.75, 3.05) is 20.2 Å². The third kappa shape index (κ3) is 3.19. The van der Waals surface area contributed by atoms with E-state index in [1.807, 2.05) is 24.3 Å². The fourth-order valence-electron chi connectivity index (χ4n) is 3.62. The molecule has 1 saturated carbocycles. The van der Waals surface area contributed by atoms with Gasteiger partial charge in [0, 0.05) is 25.0 Å². The Morgan fingerprint density at radius 3 is 2.65 bits per heavy atom. The second-order valence-electron chi connectivity index (χ2n) is 6.93. The maximum Gasteiger partial charge on any atom is 0.289 e. The van der Waals surface area contributed by atoms with Crippen LogP contribution in [0.1, 0.15) is 34.9 Å². The van der Waals surface area contributed by atoms with E-state index in [2.05, 4.69) is 5.32 Å². The Morgan fingerprint density at radius 1 is 1.15 bits per heavy atom. The number of hydrogen-bond donors (Lipinski definition) is 1. The summed E-state index contributed by atoms with van der Waals surface area (Å²) in [6.45, 7) is 0.837. The predicted molar refractivity (Wildman–Crippen MR) is 95.0 cm³/mol. The van der Waals surface area contributed by atoms with Crippen LogP contribution in [-0.2, 0) is 4.79 Å². The molecule has 2 fully saturated rings. The van der Waals surface area contributed by atoms with Gasteiger partial charge in [0.2, 0.25) is 5.91 Å². The Bertz CT molecular complexity index is 798. The van der Waals surface area contributed by atoms with Gasteiger partial charge in [-0.2, -0.15) is 0 Å². The molecule has 2 heterocycles. The number of amides is 2. The van der Waals surface area contributed by atoms with Crippen molar-refractivity contribution in [2.24, 2.45) is 5.92 Å². The highest BCUT2D eigenvalue weighted by Gasteiger charge is 2.43. The van der Waals surface area contributed by atoms with Gasteiger partial charge in [0.05, 0.1) is 19.3 Å². The molecule has 1 aromatic carbocycles. The lowest BCUT2D eigenvalue weighted by atomic mass is 9.87. The molecule has 0 spiro atoms. The number of ether oxygens (including phenoxy) is 1. The van der Waals surface area contributed by atoms with E-state index >= 15 is 0 Å². The minimum atomic E-state index is -0.300. The zero-order valence-electron chi connectivity index (χ0n) is 14.7. The fourth-order valence-corrected chi connectivity index (χ4v) is 3.62. The van der Waals surface area contributed by atoms with Gasteiger partial charge >= 0.3 is 0 Å². The number of furan rings is 1. The number of methoxy groups -OCH3 is 1. The highest BCUT2D eigenvalue weighted by atomic mass is 16.5. The van der Waals surface area contributed by atoms with Crippen LogP contribution >= 0.6 is 0 Å². The van der Waals surface area contributed by atoms with Crippen molar-refractivity contribution in [3.8, 4) is 5.75 Å². The molecule has 1 saturated heterocycles. The normalized spacial score (nSPS) is 22.3. The van der Waals surface area contributed by atoms with Gasteiger partial charge in [0.1, 0.15) is 5.75 Å². The number of nitrogens with zero attached hydrogens (tertiary/aromatic N) is 1. The molecule has 26 heavy (non-hydrogen) atoms. The summed E-state index contributed by atoms with van der Waals surface area (Å²) < 4.78 is 10.7. The number of para-hydroxylation sites is 1. The van der Waals surface area contributed by atoms with Gasteiger partial charge in [-0.1, -0.05) is 18.2 Å². The van der Waals surface area contributed by atoms with Crippen LogP contribution in [0.3, 0.4) is 0 Å². The number of hydrogen-bond acceptors (Lipinski definition) is 4. The van der Waals surface area contributed by atoms with Crippen molar-refractivity contribution in [3.05, 3.63) is 54.0 Å². The maximum atomic E-state index is 12.8. The highest BCUT2D eigenvalue weighted by molar-refractivity contribution is 5.93. The number of likely N-dealkylation sites (tertiary alicyclic amines) is 1. The van der Waals surface area contributed by atoms with Crippen LogP contribution in [0.25, 0.3) is 0 Å². The van der Waals surface area contributed by atoms with Gasteiger partial charge in [0.15, 0.2) is 5.76 Å². The second kappa shape index (κ2) is 6.86. The summed E-state index contributed by atoms with van der Waals surface area (Å²) >= 11 is 0. The molecule has 2 aliphatic rings. The first-order valence-electron chi connectivity index (χ1n) is 8.93. The molecule has 1 N–H and O–H groups in total. The lowest BCUT2D eigenvalue weighted by molar-refractivity contribution is -0.125. The van der Waals surface area contributed by atoms with Crippen LogP contribution in [0.15, 0.2) is 47.1 Å². The first kappa shape index (κ1) is 16.7. The average Bonchev–Trinajstić information content (AvgIpc) is 3.16. The molecule has 1 aliphatic heterocycles. The molecule has 2 atom stereocenters. The minimum Gasteiger partial charge on any atom is -0.496 e. The van der Waals surface area contributed by atoms with Gasteiger partial charge in [-0.3, -0.25) is 9.59 Å². The zero-order chi connectivity index (χ0) is 18.1. The van der Waals surface area contributed by atoms with E-state index in [1.165, 1.54) is 6.26 Å². The Labute approximate surface area is 152 Å². The molecular weight excluding hydrogens is 332 g/mol. The molecule has 1 aromatic heterocycles. The van der Waals surface area contributed by atoms with Crippen molar-refractivity contribution in [3.63, 3.8) is 0 Å². The largest absolute Gasteiger partial charge is 0.496 e. The number of carbonyl (C=O) groups is 2. The second-order valence-corrected chi connectivity index (χ2v) is 6.93. The van der Waals surface area contributed by atoms with Gasteiger partial charge in [-0.25, -0.2) is 0 Å². The molecule has 0 radical (unpaired) electrons. The van der Waals surface area contributed by atoms with E-state index in [0.717, 1.165) is 24.2 Å². The van der Waals surface area contributed by atoms with E-state index in [-0.39, 0.29) is 29.7 Å². The topological polar surface area (TPSA) is 71.8 Å². The standard InChI is InChI=1S/C20H22N2O4/c1-25-17-6-3-2-5-14(17)15-11-22(20(24)18-7-4-10-26-18)12-16(15)19(23)21-13-8-9-13/h2-7,10,13,15-16H,8-9,11-12H2,1H3,(H,21,23)/t15-,16-/m0/s1. The van der Waals surface area contributed by atoms with Crippen molar-refractivity contribution < 1.29 is 18.7 Å². The smallest absolute Gasteiger partial charge is 0.289 e. The first-order valence-corrected chi connectivity index (χ1v) is 8.93. The summed E-state index contributed by atoms with van der Waals surface area (Å²) in [6.07, 6.45) is 3.55. The number of nitrogens with one attached hydrogen (secondary N) is 1. The van der Waals surface area contributed by atoms with Crippen LogP contribution in [-0.4, -0.2) is 43.0 Å². The van der Waals surface area contributed by atoms with Gasteiger partial charge < -0.3 is 19.4 Å². The Hall–Kier alpha value is -2.76. The third-order valence-electron chi connectivity index (χ3n) is 5.14. The van der Waals surface area contributed by atoms with Crippen molar-refractivity contribution >= 4 is 11.8 Å². The molecule has 2 aromatic rings. The van der Waals surface area contributed by atoms with Gasteiger partial charge in [-0.15, -0.1) is 0 Å². The van der Waals surface area contributed by atoms with E-state index in [1.54, 1.807) is 24.1 Å². The predicted octanol–water partition coefficient (Wildman–Crippen LogP) is 2.42. The summed E-state index contributed by atoms with van der Waals surface area (Å²) in [5.74, 6) is 0.463. The average molecular weight is 354 g/mol. The summed E-state index contributed by atoms with van der Waals surface area (Å²) in [5, 5.41) is 3.09. The molecule has 4 rings (SSSR count). The molecule has 6 nitrogen and oxygen atoms in total. The molecule has 136 valence electrons. The molecule has 0 bridgehead atoms. The van der Waals surface area contributed by atoms with Crippen molar-refractivity contribution in [1.82, 2.24) is 10.2 Å². The van der Waals surface area contributed by atoms with Crippen molar-refractivity contribution in [2.45, 2.75) is 24.8 Å². The van der Waals surface area contributed by atoms with Gasteiger partial charge in [0.25, 0.3) is 5.91 Å². The maximum absolute atomic E-state index is 12.8. The molecule has 2 amide bonds. The highest BCUT2D eigenvalue weighted by Crippen LogP contribution is 2.38. The van der Waals surface area contributed by atoms with Crippen LogP contribution in [0, 0.1) is 5.92 Å². The third-order valence-corrected chi connectivity index (χ3v) is 5.14. The first-order chi connectivity index (χ1) is 12.7. The Kier molecular flexibility index (Phi) is 4.41. The monoisotopic (exact) mass is 354 g/mol. The van der Waals surface area contributed by atoms with Crippen molar-refractivity contribution in [1.29, 1.82) is 0 Å². The number of benzene rings is 1. The number of rotatable bonds is 5. The van der Waals surface area contributed by atoms with Crippen LogP contribution in [0.2, 0.25) is 0 Å². The summed E-state index contributed by atoms with van der Waals surface area (Å²) in [5.41, 5.74) is 0.959. The molecule has 6 heteroatoms. The molecule has 1 aliphatic carbocycles.